The zero-order valence-corrected chi connectivity index (χ0v) is 41.1. The number of amides is 2. The first-order valence-corrected chi connectivity index (χ1v) is 25.5. The molecule has 0 aliphatic carbocycles. The van der Waals surface area contributed by atoms with Crippen molar-refractivity contribution in [3.63, 3.8) is 0 Å². The lowest BCUT2D eigenvalue weighted by Crippen LogP contribution is -2.26. The van der Waals surface area contributed by atoms with Gasteiger partial charge < -0.3 is 9.80 Å². The molecule has 346 valence electrons. The number of aryl methyl sites for hydroxylation is 2. The third-order valence-corrected chi connectivity index (χ3v) is 15.4. The van der Waals surface area contributed by atoms with Gasteiger partial charge in [0.25, 0.3) is 11.8 Å². The first-order chi connectivity index (χ1) is 35.4. The number of rotatable bonds is 12. The lowest BCUT2D eigenvalue weighted by atomic mass is 10.1. The minimum atomic E-state index is -0.176. The van der Waals surface area contributed by atoms with Crippen LogP contribution in [0.15, 0.2) is 254 Å². The van der Waals surface area contributed by atoms with E-state index in [1.54, 1.807) is 32.5 Å². The number of carbonyl (C=O) groups excluding carboxylic acids is 2. The quantitative estimate of drug-likeness (QED) is 0.122. The monoisotopic (exact) mass is 966 g/mol. The molecule has 0 radical (unpaired) electrons. The maximum absolute atomic E-state index is 15.5. The summed E-state index contributed by atoms with van der Waals surface area (Å²) in [4.78, 5) is 42.5. The summed E-state index contributed by atoms with van der Waals surface area (Å²) >= 11 is 3.12. The van der Waals surface area contributed by atoms with Gasteiger partial charge in [0.15, 0.2) is 0 Å². The lowest BCUT2D eigenvalue weighted by Gasteiger charge is -2.25. The fourth-order valence-corrected chi connectivity index (χ4v) is 11.7. The van der Waals surface area contributed by atoms with E-state index in [0.717, 1.165) is 75.9 Å². The Balaban J connectivity index is 0.955. The maximum Gasteiger partial charge on any atom is 0.266 e. The number of hydrogen-bond donors (Lipinski definition) is 0. The van der Waals surface area contributed by atoms with Gasteiger partial charge in [0, 0.05) is 65.0 Å². The number of nitrogens with zero attached hydrogens (tertiary/aromatic N) is 4. The summed E-state index contributed by atoms with van der Waals surface area (Å²) in [5.74, 6) is -0.352. The molecule has 0 spiro atoms. The molecule has 6 nitrogen and oxygen atoms in total. The van der Waals surface area contributed by atoms with Crippen LogP contribution in [0, 0.1) is 13.8 Å². The number of benzene rings is 8. The minimum absolute atomic E-state index is 0.176. The topological polar surface area (TPSA) is 47.1 Å². The van der Waals surface area contributed by atoms with Crippen molar-refractivity contribution in [3.8, 4) is 20.9 Å². The third kappa shape index (κ3) is 8.12. The summed E-state index contributed by atoms with van der Waals surface area (Å²) in [5.41, 5.74) is 14.1. The van der Waals surface area contributed by atoms with E-state index in [-0.39, 0.29) is 11.8 Å². The molecule has 0 unspecified atom stereocenters. The van der Waals surface area contributed by atoms with E-state index in [2.05, 4.69) is 168 Å². The highest BCUT2D eigenvalue weighted by molar-refractivity contribution is 7.17. The number of thiophene rings is 2. The van der Waals surface area contributed by atoms with Crippen molar-refractivity contribution in [2.45, 2.75) is 13.8 Å². The van der Waals surface area contributed by atoms with Crippen molar-refractivity contribution in [2.24, 2.45) is 0 Å². The van der Waals surface area contributed by atoms with E-state index in [1.807, 2.05) is 98.8 Å². The average molecular weight is 967 g/mol. The molecule has 4 heterocycles. The molecule has 0 saturated heterocycles. The van der Waals surface area contributed by atoms with E-state index in [9.17, 15) is 0 Å². The lowest BCUT2D eigenvalue weighted by molar-refractivity contribution is -0.112. The summed E-state index contributed by atoms with van der Waals surface area (Å²) in [6.45, 7) is 4.07. The number of hydrogen-bond acceptors (Lipinski definition) is 6. The highest BCUT2D eigenvalue weighted by atomic mass is 32.1. The van der Waals surface area contributed by atoms with Crippen LogP contribution in [-0.2, 0) is 9.59 Å². The van der Waals surface area contributed by atoms with Crippen LogP contribution >= 0.6 is 22.7 Å². The van der Waals surface area contributed by atoms with Crippen LogP contribution in [0.1, 0.15) is 20.9 Å². The molecule has 10 aromatic rings. The number of fused-ring (bicyclic) bond motifs is 1. The first-order valence-electron chi connectivity index (χ1n) is 23.9. The van der Waals surface area contributed by atoms with Gasteiger partial charge in [-0.2, -0.15) is 0 Å². The van der Waals surface area contributed by atoms with E-state index in [0.29, 0.717) is 33.9 Å². The predicted molar refractivity (Wildman–Crippen MR) is 300 cm³/mol. The van der Waals surface area contributed by atoms with E-state index >= 15 is 9.59 Å². The van der Waals surface area contributed by atoms with Crippen molar-refractivity contribution < 1.29 is 9.59 Å². The second kappa shape index (κ2) is 18.8. The van der Waals surface area contributed by atoms with Crippen molar-refractivity contribution in [2.75, 3.05) is 19.6 Å². The van der Waals surface area contributed by atoms with Crippen molar-refractivity contribution in [1.82, 2.24) is 0 Å². The molecular formula is C64H46N4O2S2. The van der Waals surface area contributed by atoms with Gasteiger partial charge >= 0.3 is 0 Å². The van der Waals surface area contributed by atoms with Crippen molar-refractivity contribution >= 4 is 91.1 Å². The van der Waals surface area contributed by atoms with Gasteiger partial charge in [-0.25, -0.2) is 0 Å². The molecule has 2 aliphatic rings. The molecule has 72 heavy (non-hydrogen) atoms. The summed E-state index contributed by atoms with van der Waals surface area (Å²) in [7, 11) is 0. The zero-order valence-electron chi connectivity index (χ0n) is 39.5. The minimum Gasteiger partial charge on any atom is -0.311 e. The van der Waals surface area contributed by atoms with Crippen LogP contribution in [0.2, 0.25) is 0 Å². The second-order valence-corrected chi connectivity index (χ2v) is 20.0. The molecule has 0 fully saturated rings. The first kappa shape index (κ1) is 44.4. The standard InChI is InChI=1S/C64H46N4O2S2/c1-43-23-31-53(32-24-43)67-61-59(57-41-39-55(71-57)45-27-35-51(36-28-45)65(47-15-7-3-8-16-47)48-17-9-4-10-18-48)64(70)68(54-33-25-44(2)26-34-54)62(61)60(63(67)69)58-42-40-56(72-58)46-29-37-52(38-30-46)66(49-19-11-5-12-20-49)50-21-13-6-14-22-50/h3-42H,1-2H3. The molecule has 0 N–H and O–H groups in total. The Kier molecular flexibility index (Phi) is 11.6. The van der Waals surface area contributed by atoms with Gasteiger partial charge in [-0.1, -0.05) is 132 Å². The molecule has 0 bridgehead atoms. The molecule has 0 atom stereocenters. The molecule has 2 aliphatic heterocycles. The molecule has 2 aromatic heterocycles. The Hall–Kier alpha value is -8.82. The molecule has 0 saturated carbocycles. The summed E-state index contributed by atoms with van der Waals surface area (Å²) in [6, 6.07) is 82.8. The van der Waals surface area contributed by atoms with Crippen LogP contribution in [0.25, 0.3) is 32.0 Å². The van der Waals surface area contributed by atoms with Crippen molar-refractivity contribution in [3.05, 3.63) is 275 Å². The van der Waals surface area contributed by atoms with E-state index in [4.69, 9.17) is 0 Å². The summed E-state index contributed by atoms with van der Waals surface area (Å²) < 4.78 is 0. The molecule has 8 heteroatoms. The maximum atomic E-state index is 15.5. The Morgan fingerprint density at radius 2 is 0.583 bits per heavy atom. The average Bonchev–Trinajstić information content (AvgIpc) is 4.23. The highest BCUT2D eigenvalue weighted by Gasteiger charge is 2.50. The van der Waals surface area contributed by atoms with Gasteiger partial charge in [0.1, 0.15) is 0 Å². The zero-order chi connectivity index (χ0) is 48.7. The molecule has 8 aromatic carbocycles. The Morgan fingerprint density at radius 1 is 0.306 bits per heavy atom. The summed E-state index contributed by atoms with van der Waals surface area (Å²) in [6.07, 6.45) is 0. The summed E-state index contributed by atoms with van der Waals surface area (Å²) in [5, 5.41) is 0. The molecule has 12 rings (SSSR count). The predicted octanol–water partition coefficient (Wildman–Crippen LogP) is 16.9. The number of anilines is 8. The number of para-hydroxylation sites is 4. The normalized spacial score (nSPS) is 13.3. The Morgan fingerprint density at radius 3 is 0.889 bits per heavy atom. The number of carbonyl (C=O) groups is 2. The van der Waals surface area contributed by atoms with Gasteiger partial charge in [-0.3, -0.25) is 19.4 Å². The van der Waals surface area contributed by atoms with Gasteiger partial charge in [0.2, 0.25) is 0 Å². The van der Waals surface area contributed by atoms with Crippen LogP contribution in [0.4, 0.5) is 45.5 Å². The fourth-order valence-electron chi connectivity index (χ4n) is 9.63. The van der Waals surface area contributed by atoms with Gasteiger partial charge in [0.05, 0.1) is 22.5 Å². The van der Waals surface area contributed by atoms with Crippen LogP contribution in [-0.4, -0.2) is 11.8 Å². The van der Waals surface area contributed by atoms with E-state index in [1.165, 1.54) is 0 Å². The third-order valence-electron chi connectivity index (χ3n) is 13.1. The van der Waals surface area contributed by atoms with Crippen molar-refractivity contribution in [1.29, 1.82) is 0 Å². The second-order valence-electron chi connectivity index (χ2n) is 17.8. The molecular weight excluding hydrogens is 921 g/mol. The van der Waals surface area contributed by atoms with E-state index < -0.39 is 0 Å². The smallest absolute Gasteiger partial charge is 0.266 e. The van der Waals surface area contributed by atoms with Gasteiger partial charge in [-0.15, -0.1) is 22.7 Å². The Labute approximate surface area is 427 Å². The fraction of sp³-hybridized carbons (Fsp3) is 0.0312. The largest absolute Gasteiger partial charge is 0.311 e. The Bertz CT molecular complexity index is 3340. The van der Waals surface area contributed by atoms with Gasteiger partial charge in [-0.05, 0) is 146 Å². The SMILES string of the molecule is Cc1ccc(N2C(=O)C(c3ccc(-c4ccc(N(c5ccccc5)c5ccccc5)cc4)s3)=C3C2=C(c2ccc(-c4ccc(N(c5ccccc5)c5ccccc5)cc4)s2)C(=O)N3c2ccc(C)cc2)cc1. The molecule has 2 amide bonds. The highest BCUT2D eigenvalue weighted by Crippen LogP contribution is 2.53. The van der Waals surface area contributed by atoms with Crippen LogP contribution in [0.5, 0.6) is 0 Å². The van der Waals surface area contributed by atoms with Crippen LogP contribution < -0.4 is 19.6 Å². The van der Waals surface area contributed by atoms with Crippen LogP contribution in [0.3, 0.4) is 0 Å².